The highest BCUT2D eigenvalue weighted by Gasteiger charge is 2.55. The van der Waals surface area contributed by atoms with Gasteiger partial charge in [0.2, 0.25) is 15.9 Å². The van der Waals surface area contributed by atoms with E-state index in [2.05, 4.69) is 4.72 Å². The molecule has 0 aromatic heterocycles. The van der Waals surface area contributed by atoms with E-state index < -0.39 is 60.8 Å². The number of piperidine rings is 1. The Hall–Kier alpha value is -2.02. The van der Waals surface area contributed by atoms with Crippen LogP contribution in [0.5, 0.6) is 0 Å². The summed E-state index contributed by atoms with van der Waals surface area (Å²) in [5, 5.41) is 0.970. The van der Waals surface area contributed by atoms with E-state index >= 15 is 0 Å². The summed E-state index contributed by atoms with van der Waals surface area (Å²) in [5.74, 6) is -0.947. The van der Waals surface area contributed by atoms with E-state index in [0.29, 0.717) is 35.6 Å². The van der Waals surface area contributed by atoms with E-state index in [1.54, 1.807) is 42.2 Å². The smallest absolute Gasteiger partial charge is 0.264 e. The number of hydrogen-bond acceptors (Lipinski definition) is 7. The van der Waals surface area contributed by atoms with Crippen LogP contribution in [0.1, 0.15) is 69.0 Å². The Morgan fingerprint density at radius 3 is 2.29 bits per heavy atom. The molecule has 4 rings (SSSR count). The number of amides is 1. The number of halogens is 2. The fraction of sp³-hybridized carbons (Fsp3) is 0.517. The van der Waals surface area contributed by atoms with Gasteiger partial charge in [0.15, 0.2) is 0 Å². The van der Waals surface area contributed by atoms with Crippen molar-refractivity contribution in [1.29, 1.82) is 0 Å². The predicted molar refractivity (Wildman–Crippen MR) is 162 cm³/mol. The first-order chi connectivity index (χ1) is 19.7. The van der Waals surface area contributed by atoms with Crippen LogP contribution in [-0.4, -0.2) is 64.1 Å². The average molecular weight is 660 g/mol. The van der Waals surface area contributed by atoms with Crippen LogP contribution < -0.4 is 4.72 Å². The van der Waals surface area contributed by atoms with Gasteiger partial charge in [-0.15, -0.1) is 0 Å². The number of rotatable bonds is 13. The maximum absolute atomic E-state index is 14.6. The molecule has 1 saturated carbocycles. The summed E-state index contributed by atoms with van der Waals surface area (Å²) in [6.45, 7) is 2.94. The molecule has 0 spiro atoms. The van der Waals surface area contributed by atoms with Crippen molar-refractivity contribution in [2.75, 3.05) is 19.4 Å². The maximum Gasteiger partial charge on any atom is 0.264 e. The number of nitrogens with zero attached hydrogens (tertiary/aromatic N) is 1. The highest BCUT2D eigenvalue weighted by molar-refractivity contribution is 7.91. The standard InChI is InChI=1S/C29H36Cl2N2O7S2/c1-4-24(18-32-42(38,39)28(2)12-13-28)33-26(20-8-10-22(30)11-9-20)25(21-6-5-7-23(31)16-21)17-29(14-15-34,27(33)35)19-40-41(3,36)37/h5-11,15-16,24-26,32H,4,12-14,17-19H2,1-3H3/t24-,25+,26+,29-/m0/s1. The van der Waals surface area contributed by atoms with Crippen molar-refractivity contribution in [3.05, 3.63) is 69.7 Å². The first kappa shape index (κ1) is 32.9. The van der Waals surface area contributed by atoms with Crippen molar-refractivity contribution in [1.82, 2.24) is 9.62 Å². The summed E-state index contributed by atoms with van der Waals surface area (Å²) in [6, 6.07) is 13.0. The number of carbonyl (C=O) groups is 2. The van der Waals surface area contributed by atoms with E-state index in [-0.39, 0.29) is 19.4 Å². The third-order valence-electron chi connectivity index (χ3n) is 8.47. The molecule has 1 aliphatic carbocycles. The lowest BCUT2D eigenvalue weighted by Gasteiger charge is -2.52. The van der Waals surface area contributed by atoms with E-state index in [4.69, 9.17) is 27.4 Å². The van der Waals surface area contributed by atoms with Gasteiger partial charge >= 0.3 is 0 Å². The third-order valence-corrected chi connectivity index (χ3v) is 11.8. The first-order valence-corrected chi connectivity index (χ1v) is 17.8. The predicted octanol–water partition coefficient (Wildman–Crippen LogP) is 4.85. The Bertz CT molecular complexity index is 1530. The molecule has 1 aliphatic heterocycles. The van der Waals surface area contributed by atoms with E-state index in [1.165, 1.54) is 0 Å². The van der Waals surface area contributed by atoms with E-state index in [1.807, 2.05) is 25.1 Å². The highest BCUT2D eigenvalue weighted by Crippen LogP contribution is 2.52. The van der Waals surface area contributed by atoms with Crippen molar-refractivity contribution in [2.24, 2.45) is 5.41 Å². The molecule has 230 valence electrons. The normalized spacial score (nSPS) is 24.8. The van der Waals surface area contributed by atoms with Crippen molar-refractivity contribution >= 4 is 55.5 Å². The minimum atomic E-state index is -3.96. The molecule has 9 nitrogen and oxygen atoms in total. The molecule has 0 radical (unpaired) electrons. The molecule has 2 fully saturated rings. The minimum absolute atomic E-state index is 0.0589. The van der Waals surface area contributed by atoms with Crippen LogP contribution >= 0.6 is 23.2 Å². The van der Waals surface area contributed by atoms with Crippen LogP contribution in [0.4, 0.5) is 0 Å². The van der Waals surface area contributed by atoms with Gasteiger partial charge < -0.3 is 9.69 Å². The number of sulfonamides is 1. The van der Waals surface area contributed by atoms with Gasteiger partial charge in [0.1, 0.15) is 6.29 Å². The lowest BCUT2D eigenvalue weighted by Crippen LogP contribution is -2.60. The molecule has 1 N–H and O–H groups in total. The molecular weight excluding hydrogens is 623 g/mol. The van der Waals surface area contributed by atoms with Crippen LogP contribution in [0.15, 0.2) is 48.5 Å². The summed E-state index contributed by atoms with van der Waals surface area (Å²) >= 11 is 12.6. The molecule has 1 amide bonds. The molecule has 13 heteroatoms. The van der Waals surface area contributed by atoms with Crippen molar-refractivity contribution in [3.8, 4) is 0 Å². The maximum atomic E-state index is 14.6. The Morgan fingerprint density at radius 2 is 1.74 bits per heavy atom. The van der Waals surface area contributed by atoms with Crippen molar-refractivity contribution in [2.45, 2.75) is 68.7 Å². The Kier molecular flexibility index (Phi) is 9.81. The molecule has 2 aromatic carbocycles. The first-order valence-electron chi connectivity index (χ1n) is 13.8. The fourth-order valence-electron chi connectivity index (χ4n) is 5.69. The van der Waals surface area contributed by atoms with Gasteiger partial charge in [0.05, 0.1) is 29.1 Å². The zero-order valence-electron chi connectivity index (χ0n) is 23.8. The largest absolute Gasteiger partial charge is 0.330 e. The summed E-state index contributed by atoms with van der Waals surface area (Å²) < 4.78 is 57.4. The van der Waals surface area contributed by atoms with E-state index in [0.717, 1.165) is 17.4 Å². The average Bonchev–Trinajstić information content (AvgIpc) is 3.69. The Morgan fingerprint density at radius 1 is 1.07 bits per heavy atom. The second kappa shape index (κ2) is 12.5. The van der Waals surface area contributed by atoms with Crippen LogP contribution in [-0.2, 0) is 33.9 Å². The fourth-order valence-corrected chi connectivity index (χ4v) is 7.86. The minimum Gasteiger partial charge on any atom is -0.330 e. The van der Waals surface area contributed by atoms with Crippen LogP contribution in [0.3, 0.4) is 0 Å². The van der Waals surface area contributed by atoms with Crippen molar-refractivity contribution in [3.63, 3.8) is 0 Å². The molecule has 2 aliphatic rings. The summed E-state index contributed by atoms with van der Waals surface area (Å²) in [7, 11) is -7.62. The quantitative estimate of drug-likeness (QED) is 0.241. The van der Waals surface area contributed by atoms with Crippen LogP contribution in [0, 0.1) is 5.41 Å². The van der Waals surface area contributed by atoms with Gasteiger partial charge in [-0.1, -0.05) is 54.4 Å². The molecule has 42 heavy (non-hydrogen) atoms. The van der Waals surface area contributed by atoms with Gasteiger partial charge in [0.25, 0.3) is 10.1 Å². The zero-order chi connectivity index (χ0) is 30.9. The second-order valence-corrected chi connectivity index (χ2v) is 16.4. The van der Waals surface area contributed by atoms with Gasteiger partial charge in [-0.05, 0) is 68.0 Å². The summed E-state index contributed by atoms with van der Waals surface area (Å²) in [6.07, 6.45) is 2.76. The topological polar surface area (TPSA) is 127 Å². The van der Waals surface area contributed by atoms with Crippen LogP contribution in [0.25, 0.3) is 0 Å². The summed E-state index contributed by atoms with van der Waals surface area (Å²) in [4.78, 5) is 28.3. The number of aldehydes is 1. The number of likely N-dealkylation sites (tertiary alicyclic amines) is 1. The molecule has 0 bridgehead atoms. The lowest BCUT2D eigenvalue weighted by atomic mass is 9.66. The van der Waals surface area contributed by atoms with Gasteiger partial charge in [-0.3, -0.25) is 8.98 Å². The monoisotopic (exact) mass is 658 g/mol. The highest BCUT2D eigenvalue weighted by atomic mass is 35.5. The molecule has 0 unspecified atom stereocenters. The number of benzene rings is 2. The molecular formula is C29H36Cl2N2O7S2. The van der Waals surface area contributed by atoms with E-state index in [9.17, 15) is 26.4 Å². The zero-order valence-corrected chi connectivity index (χ0v) is 26.9. The molecule has 1 saturated heterocycles. The number of nitrogens with one attached hydrogen (secondary N) is 1. The van der Waals surface area contributed by atoms with Gasteiger partial charge in [-0.25, -0.2) is 13.1 Å². The Labute approximate surface area is 258 Å². The number of carbonyl (C=O) groups excluding carboxylic acids is 2. The SMILES string of the molecule is CC[C@@H](CNS(=O)(=O)C1(C)CC1)N1C(=O)[C@](CC=O)(COS(C)(=O)=O)C[C@H](c2cccc(Cl)c2)[C@H]1c1ccc(Cl)cc1. The second-order valence-electron chi connectivity index (χ2n) is 11.6. The molecule has 1 heterocycles. The van der Waals surface area contributed by atoms with Crippen LogP contribution in [0.2, 0.25) is 10.0 Å². The molecule has 4 atom stereocenters. The Balaban J connectivity index is 1.89. The third kappa shape index (κ3) is 7.03. The van der Waals surface area contributed by atoms with Crippen molar-refractivity contribution < 1.29 is 30.6 Å². The lowest BCUT2D eigenvalue weighted by molar-refractivity contribution is -0.159. The number of hydrogen-bond donors (Lipinski definition) is 1. The van der Waals surface area contributed by atoms with Gasteiger partial charge in [0, 0.05) is 35.0 Å². The molecule has 2 aromatic rings. The van der Waals surface area contributed by atoms with Gasteiger partial charge in [-0.2, -0.15) is 8.42 Å². The summed E-state index contributed by atoms with van der Waals surface area (Å²) in [5.41, 5.74) is -0.0115.